The molecule has 0 saturated heterocycles. The van der Waals surface area contributed by atoms with Gasteiger partial charge >= 0.3 is 0 Å². The van der Waals surface area contributed by atoms with Crippen molar-refractivity contribution in [2.45, 2.75) is 19.8 Å². The van der Waals surface area contributed by atoms with Crippen molar-refractivity contribution in [3.63, 3.8) is 0 Å². The van der Waals surface area contributed by atoms with Gasteiger partial charge in [0, 0.05) is 11.6 Å². The quantitative estimate of drug-likeness (QED) is 0.872. The number of rotatable bonds is 6. The molecule has 21 heavy (non-hydrogen) atoms. The number of halogens is 1. The van der Waals surface area contributed by atoms with Crippen LogP contribution in [0.25, 0.3) is 0 Å². The maximum Gasteiger partial charge on any atom is 0.122 e. The molecule has 3 heteroatoms. The summed E-state index contributed by atoms with van der Waals surface area (Å²) in [5.74, 6) is 1.03. The third kappa shape index (κ3) is 4.48. The second-order valence-electron chi connectivity index (χ2n) is 5.40. The van der Waals surface area contributed by atoms with E-state index in [2.05, 4.69) is 13.0 Å². The van der Waals surface area contributed by atoms with Crippen LogP contribution in [0.15, 0.2) is 42.5 Å². The molecule has 1 unspecified atom stereocenters. The molecular formula is C18H21ClO2. The Hall–Kier alpha value is -1.51. The van der Waals surface area contributed by atoms with Crippen LogP contribution in [0.2, 0.25) is 5.02 Å². The average molecular weight is 305 g/mol. The van der Waals surface area contributed by atoms with Crippen LogP contribution in [-0.2, 0) is 12.8 Å². The van der Waals surface area contributed by atoms with Crippen LogP contribution < -0.4 is 4.74 Å². The summed E-state index contributed by atoms with van der Waals surface area (Å²) in [4.78, 5) is 0. The monoisotopic (exact) mass is 304 g/mol. The molecule has 2 nitrogen and oxygen atoms in total. The first-order chi connectivity index (χ1) is 10.1. The summed E-state index contributed by atoms with van der Waals surface area (Å²) in [5.41, 5.74) is 3.48. The topological polar surface area (TPSA) is 29.5 Å². The van der Waals surface area contributed by atoms with Gasteiger partial charge in [-0.3, -0.25) is 0 Å². The molecule has 0 fully saturated rings. The zero-order chi connectivity index (χ0) is 15.2. The number of ether oxygens (including phenoxy) is 1. The van der Waals surface area contributed by atoms with Crippen molar-refractivity contribution in [2.24, 2.45) is 5.92 Å². The minimum Gasteiger partial charge on any atom is -0.496 e. The molecule has 112 valence electrons. The molecule has 0 amide bonds. The molecule has 0 radical (unpaired) electrons. The van der Waals surface area contributed by atoms with Crippen LogP contribution in [0.4, 0.5) is 0 Å². The van der Waals surface area contributed by atoms with Crippen LogP contribution in [0, 0.1) is 12.8 Å². The van der Waals surface area contributed by atoms with E-state index in [-0.39, 0.29) is 12.5 Å². The summed E-state index contributed by atoms with van der Waals surface area (Å²) in [5, 5.41) is 10.4. The molecule has 0 bridgehead atoms. The molecule has 0 spiro atoms. The van der Waals surface area contributed by atoms with Crippen molar-refractivity contribution < 1.29 is 9.84 Å². The Morgan fingerprint density at radius 3 is 2.62 bits per heavy atom. The second-order valence-corrected chi connectivity index (χ2v) is 5.84. The largest absolute Gasteiger partial charge is 0.496 e. The highest BCUT2D eigenvalue weighted by Gasteiger charge is 2.13. The fraction of sp³-hybridized carbons (Fsp3) is 0.333. The van der Waals surface area contributed by atoms with Gasteiger partial charge in [-0.1, -0.05) is 41.4 Å². The molecule has 1 atom stereocenters. The van der Waals surface area contributed by atoms with E-state index in [1.807, 2.05) is 36.4 Å². The van der Waals surface area contributed by atoms with Crippen molar-refractivity contribution in [2.75, 3.05) is 13.7 Å². The Balaban J connectivity index is 2.14. The summed E-state index contributed by atoms with van der Waals surface area (Å²) in [6.45, 7) is 2.21. The number of hydrogen-bond acceptors (Lipinski definition) is 2. The standard InChI is InChI=1S/C18H21ClO2/c1-13-6-7-18(21-2)16(8-13)10-15(12-20)9-14-4-3-5-17(19)11-14/h3-8,11,15,20H,9-10,12H2,1-2H3. The summed E-state index contributed by atoms with van der Waals surface area (Å²) in [6.07, 6.45) is 1.59. The first-order valence-corrected chi connectivity index (χ1v) is 7.49. The predicted molar refractivity (Wildman–Crippen MR) is 87.2 cm³/mol. The van der Waals surface area contributed by atoms with Gasteiger partial charge in [-0.2, -0.15) is 0 Å². The Labute approximate surface area is 131 Å². The zero-order valence-corrected chi connectivity index (χ0v) is 13.2. The first kappa shape index (κ1) is 15.9. The number of benzene rings is 2. The summed E-state index contributed by atoms with van der Waals surface area (Å²) in [7, 11) is 1.68. The maximum atomic E-state index is 9.68. The van der Waals surface area contributed by atoms with Crippen molar-refractivity contribution in [3.05, 3.63) is 64.2 Å². The Kier molecular flexibility index (Phi) is 5.66. The molecule has 0 aliphatic rings. The van der Waals surface area contributed by atoms with Crippen LogP contribution in [-0.4, -0.2) is 18.8 Å². The summed E-state index contributed by atoms with van der Waals surface area (Å²) >= 11 is 6.02. The zero-order valence-electron chi connectivity index (χ0n) is 12.5. The van der Waals surface area contributed by atoms with Crippen molar-refractivity contribution in [3.8, 4) is 5.75 Å². The Morgan fingerprint density at radius 1 is 1.14 bits per heavy atom. The van der Waals surface area contributed by atoms with Gasteiger partial charge in [-0.05, 0) is 55.0 Å². The molecule has 2 aromatic carbocycles. The van der Waals surface area contributed by atoms with Gasteiger partial charge in [-0.25, -0.2) is 0 Å². The van der Waals surface area contributed by atoms with Gasteiger partial charge in [0.05, 0.1) is 7.11 Å². The highest BCUT2D eigenvalue weighted by atomic mass is 35.5. The molecule has 0 aromatic heterocycles. The van der Waals surface area contributed by atoms with Crippen molar-refractivity contribution >= 4 is 11.6 Å². The third-order valence-corrected chi connectivity index (χ3v) is 3.85. The lowest BCUT2D eigenvalue weighted by atomic mass is 9.92. The summed E-state index contributed by atoms with van der Waals surface area (Å²) in [6, 6.07) is 14.0. The van der Waals surface area contributed by atoms with Crippen LogP contribution in [0.1, 0.15) is 16.7 Å². The van der Waals surface area contributed by atoms with Gasteiger partial charge in [0.1, 0.15) is 5.75 Å². The molecule has 2 rings (SSSR count). The van der Waals surface area contributed by atoms with Gasteiger partial charge in [-0.15, -0.1) is 0 Å². The first-order valence-electron chi connectivity index (χ1n) is 7.11. The van der Waals surface area contributed by atoms with E-state index in [9.17, 15) is 5.11 Å². The highest BCUT2D eigenvalue weighted by Crippen LogP contribution is 2.24. The fourth-order valence-corrected chi connectivity index (χ4v) is 2.79. The van der Waals surface area contributed by atoms with Gasteiger partial charge in [0.25, 0.3) is 0 Å². The second kappa shape index (κ2) is 7.48. The van der Waals surface area contributed by atoms with E-state index < -0.39 is 0 Å². The van der Waals surface area contributed by atoms with E-state index in [4.69, 9.17) is 16.3 Å². The van der Waals surface area contributed by atoms with Crippen LogP contribution >= 0.6 is 11.6 Å². The minimum atomic E-state index is 0.142. The number of hydrogen-bond donors (Lipinski definition) is 1. The molecule has 0 aliphatic heterocycles. The molecular weight excluding hydrogens is 284 g/mol. The number of aliphatic hydroxyl groups is 1. The minimum absolute atomic E-state index is 0.142. The van der Waals surface area contributed by atoms with Gasteiger partial charge < -0.3 is 9.84 Å². The normalized spacial score (nSPS) is 12.2. The van der Waals surface area contributed by atoms with E-state index in [0.29, 0.717) is 0 Å². The lowest BCUT2D eigenvalue weighted by Crippen LogP contribution is -2.13. The molecule has 1 N–H and O–H groups in total. The van der Waals surface area contributed by atoms with E-state index in [1.54, 1.807) is 7.11 Å². The van der Waals surface area contributed by atoms with E-state index in [0.717, 1.165) is 34.7 Å². The SMILES string of the molecule is COc1ccc(C)cc1CC(CO)Cc1cccc(Cl)c1. The molecule has 0 aliphatic carbocycles. The Morgan fingerprint density at radius 2 is 1.95 bits per heavy atom. The van der Waals surface area contributed by atoms with E-state index >= 15 is 0 Å². The van der Waals surface area contributed by atoms with Crippen molar-refractivity contribution in [1.29, 1.82) is 0 Å². The van der Waals surface area contributed by atoms with Crippen molar-refractivity contribution in [1.82, 2.24) is 0 Å². The predicted octanol–water partition coefficient (Wildman–Crippen LogP) is 4.05. The lowest BCUT2D eigenvalue weighted by molar-refractivity contribution is 0.224. The van der Waals surface area contributed by atoms with Gasteiger partial charge in [0.2, 0.25) is 0 Å². The smallest absolute Gasteiger partial charge is 0.122 e. The number of methoxy groups -OCH3 is 1. The molecule has 0 saturated carbocycles. The average Bonchev–Trinajstić information content (AvgIpc) is 2.47. The van der Waals surface area contributed by atoms with E-state index in [1.165, 1.54) is 5.56 Å². The molecule has 2 aromatic rings. The van der Waals surface area contributed by atoms with Gasteiger partial charge in [0.15, 0.2) is 0 Å². The van der Waals surface area contributed by atoms with Crippen LogP contribution in [0.5, 0.6) is 5.75 Å². The number of aliphatic hydroxyl groups excluding tert-OH is 1. The number of aryl methyl sites for hydroxylation is 1. The Bertz CT molecular complexity index is 596. The third-order valence-electron chi connectivity index (χ3n) is 3.62. The van der Waals surface area contributed by atoms with Crippen LogP contribution in [0.3, 0.4) is 0 Å². The lowest BCUT2D eigenvalue weighted by Gasteiger charge is -2.17. The maximum absolute atomic E-state index is 9.68. The highest BCUT2D eigenvalue weighted by molar-refractivity contribution is 6.30. The molecule has 0 heterocycles. The fourth-order valence-electron chi connectivity index (χ4n) is 2.58. The summed E-state index contributed by atoms with van der Waals surface area (Å²) < 4.78 is 5.41.